The second-order valence-corrected chi connectivity index (χ2v) is 7.13. The fourth-order valence-corrected chi connectivity index (χ4v) is 3.34. The predicted octanol–water partition coefficient (Wildman–Crippen LogP) is 3.84. The van der Waals surface area contributed by atoms with Gasteiger partial charge in [-0.15, -0.1) is 4.40 Å². The molecule has 3 aromatic rings. The Labute approximate surface area is 156 Å². The van der Waals surface area contributed by atoms with Crippen LogP contribution in [0.25, 0.3) is 0 Å². The van der Waals surface area contributed by atoms with Crippen molar-refractivity contribution in [3.8, 4) is 0 Å². The maximum atomic E-state index is 12.6. The standard InChI is InChI=1S/C19H15N3O4S/c23-22(24)17-11-7-10-16(14-17)20-19(15-8-3-1-4-9-15)21-27(25,26)18-12-5-2-6-13-18/h1-14H,(H,20,21). The van der Waals surface area contributed by atoms with E-state index in [0.717, 1.165) is 0 Å². The van der Waals surface area contributed by atoms with Crippen LogP contribution < -0.4 is 5.32 Å². The van der Waals surface area contributed by atoms with E-state index in [-0.39, 0.29) is 16.4 Å². The molecule has 7 nitrogen and oxygen atoms in total. The number of hydrogen-bond acceptors (Lipinski definition) is 4. The number of nitro groups is 1. The second kappa shape index (κ2) is 7.79. The van der Waals surface area contributed by atoms with Crippen molar-refractivity contribution in [1.82, 2.24) is 0 Å². The lowest BCUT2D eigenvalue weighted by molar-refractivity contribution is -0.384. The fraction of sp³-hybridized carbons (Fsp3) is 0. The molecular formula is C19H15N3O4S. The Kier molecular flexibility index (Phi) is 5.28. The molecule has 0 unspecified atom stereocenters. The van der Waals surface area contributed by atoms with E-state index in [1.807, 2.05) is 0 Å². The van der Waals surface area contributed by atoms with Gasteiger partial charge in [-0.3, -0.25) is 10.1 Å². The van der Waals surface area contributed by atoms with Gasteiger partial charge in [-0.2, -0.15) is 8.42 Å². The van der Waals surface area contributed by atoms with E-state index in [0.29, 0.717) is 11.3 Å². The highest BCUT2D eigenvalue weighted by molar-refractivity contribution is 7.90. The summed E-state index contributed by atoms with van der Waals surface area (Å²) in [6.07, 6.45) is 0. The van der Waals surface area contributed by atoms with Crippen LogP contribution in [-0.4, -0.2) is 19.2 Å². The third-order valence-corrected chi connectivity index (χ3v) is 4.91. The van der Waals surface area contributed by atoms with Gasteiger partial charge in [-0.05, 0) is 18.2 Å². The second-order valence-electron chi connectivity index (χ2n) is 5.53. The highest BCUT2D eigenvalue weighted by Gasteiger charge is 2.16. The first-order valence-corrected chi connectivity index (χ1v) is 9.37. The van der Waals surface area contributed by atoms with E-state index in [2.05, 4.69) is 9.71 Å². The Bertz CT molecular complexity index is 1080. The van der Waals surface area contributed by atoms with Gasteiger partial charge in [0.05, 0.1) is 9.82 Å². The lowest BCUT2D eigenvalue weighted by Crippen LogP contribution is -2.16. The molecule has 0 aromatic heterocycles. The molecule has 27 heavy (non-hydrogen) atoms. The number of sulfonamides is 1. The molecule has 0 spiro atoms. The summed E-state index contributed by atoms with van der Waals surface area (Å²) >= 11 is 0. The third kappa shape index (κ3) is 4.56. The van der Waals surface area contributed by atoms with E-state index < -0.39 is 14.9 Å². The molecule has 8 heteroatoms. The van der Waals surface area contributed by atoms with Gasteiger partial charge in [-0.1, -0.05) is 54.6 Å². The zero-order valence-corrected chi connectivity index (χ0v) is 14.8. The number of benzene rings is 3. The van der Waals surface area contributed by atoms with Gasteiger partial charge in [0.15, 0.2) is 5.84 Å². The summed E-state index contributed by atoms with van der Waals surface area (Å²) in [4.78, 5) is 10.5. The van der Waals surface area contributed by atoms with Crippen molar-refractivity contribution >= 4 is 27.2 Å². The molecule has 0 fully saturated rings. The minimum atomic E-state index is -3.96. The Morgan fingerprint density at radius 2 is 1.52 bits per heavy atom. The summed E-state index contributed by atoms with van der Waals surface area (Å²) in [6.45, 7) is 0. The van der Waals surface area contributed by atoms with E-state index in [9.17, 15) is 18.5 Å². The van der Waals surface area contributed by atoms with E-state index in [1.54, 1.807) is 54.6 Å². The molecule has 0 atom stereocenters. The molecule has 0 aliphatic rings. The average Bonchev–Trinajstić information content (AvgIpc) is 2.69. The Hall–Kier alpha value is -3.52. The first-order valence-electron chi connectivity index (χ1n) is 7.93. The number of nitrogens with zero attached hydrogens (tertiary/aromatic N) is 2. The summed E-state index contributed by atoms with van der Waals surface area (Å²) in [5.74, 6) is 0.0694. The quantitative estimate of drug-likeness (QED) is 0.313. The number of rotatable bonds is 5. The minimum Gasteiger partial charge on any atom is -0.339 e. The van der Waals surface area contributed by atoms with Crippen LogP contribution in [0.4, 0.5) is 11.4 Å². The number of nitro benzene ring substituents is 1. The average molecular weight is 381 g/mol. The van der Waals surface area contributed by atoms with Crippen LogP contribution in [-0.2, 0) is 10.0 Å². The first-order chi connectivity index (χ1) is 13.0. The number of nitrogens with one attached hydrogen (secondary N) is 1. The molecule has 3 rings (SSSR count). The van der Waals surface area contributed by atoms with Crippen LogP contribution in [0, 0.1) is 10.1 Å². The van der Waals surface area contributed by atoms with Gasteiger partial charge >= 0.3 is 0 Å². The molecule has 3 aromatic carbocycles. The van der Waals surface area contributed by atoms with Crippen molar-refractivity contribution in [2.75, 3.05) is 5.32 Å². The number of amidine groups is 1. The van der Waals surface area contributed by atoms with Crippen LogP contribution in [0.5, 0.6) is 0 Å². The third-order valence-electron chi connectivity index (χ3n) is 3.62. The largest absolute Gasteiger partial charge is 0.339 e. The minimum absolute atomic E-state index is 0.0549. The maximum absolute atomic E-state index is 12.6. The fourth-order valence-electron chi connectivity index (χ4n) is 2.34. The summed E-state index contributed by atoms with van der Waals surface area (Å²) in [5.41, 5.74) is 0.775. The Morgan fingerprint density at radius 1 is 0.889 bits per heavy atom. The van der Waals surface area contributed by atoms with Gasteiger partial charge in [0.1, 0.15) is 0 Å². The lowest BCUT2D eigenvalue weighted by Gasteiger charge is -2.10. The Balaban J connectivity index is 2.05. The molecule has 136 valence electrons. The number of anilines is 1. The molecule has 0 radical (unpaired) electrons. The smallest absolute Gasteiger partial charge is 0.284 e. The van der Waals surface area contributed by atoms with Crippen molar-refractivity contribution in [2.45, 2.75) is 4.90 Å². The molecular weight excluding hydrogens is 366 g/mol. The van der Waals surface area contributed by atoms with Crippen molar-refractivity contribution in [1.29, 1.82) is 0 Å². The Morgan fingerprint density at radius 3 is 2.15 bits per heavy atom. The predicted molar refractivity (Wildman–Crippen MR) is 103 cm³/mol. The van der Waals surface area contributed by atoms with Crippen molar-refractivity contribution in [3.05, 3.63) is 101 Å². The lowest BCUT2D eigenvalue weighted by atomic mass is 10.2. The van der Waals surface area contributed by atoms with Crippen LogP contribution in [0.2, 0.25) is 0 Å². The van der Waals surface area contributed by atoms with Gasteiger partial charge < -0.3 is 5.32 Å². The monoisotopic (exact) mass is 381 g/mol. The highest BCUT2D eigenvalue weighted by atomic mass is 32.2. The van der Waals surface area contributed by atoms with Crippen LogP contribution in [0.3, 0.4) is 0 Å². The highest BCUT2D eigenvalue weighted by Crippen LogP contribution is 2.19. The first kappa shape index (κ1) is 18.3. The zero-order valence-electron chi connectivity index (χ0n) is 14.0. The van der Waals surface area contributed by atoms with Crippen LogP contribution in [0.15, 0.2) is 94.2 Å². The molecule has 0 aliphatic heterocycles. The van der Waals surface area contributed by atoms with Gasteiger partial charge in [0.2, 0.25) is 0 Å². The molecule has 0 heterocycles. The molecule has 1 N–H and O–H groups in total. The number of non-ortho nitro benzene ring substituents is 1. The van der Waals surface area contributed by atoms with Crippen LogP contribution >= 0.6 is 0 Å². The van der Waals surface area contributed by atoms with Gasteiger partial charge in [0.25, 0.3) is 15.7 Å². The van der Waals surface area contributed by atoms with Crippen molar-refractivity contribution in [3.63, 3.8) is 0 Å². The van der Waals surface area contributed by atoms with Gasteiger partial charge in [-0.25, -0.2) is 0 Å². The summed E-state index contributed by atoms with van der Waals surface area (Å²) < 4.78 is 29.2. The normalized spacial score (nSPS) is 11.8. The van der Waals surface area contributed by atoms with Crippen molar-refractivity contribution in [2.24, 2.45) is 4.40 Å². The maximum Gasteiger partial charge on any atom is 0.284 e. The topological polar surface area (TPSA) is 102 Å². The van der Waals surface area contributed by atoms with Gasteiger partial charge in [0, 0.05) is 23.4 Å². The van der Waals surface area contributed by atoms with E-state index in [4.69, 9.17) is 0 Å². The molecule has 0 saturated heterocycles. The molecule has 0 bridgehead atoms. The van der Waals surface area contributed by atoms with E-state index in [1.165, 1.54) is 30.3 Å². The molecule has 0 aliphatic carbocycles. The molecule has 0 amide bonds. The molecule has 0 saturated carbocycles. The summed E-state index contributed by atoms with van der Waals surface area (Å²) in [5, 5.41) is 13.9. The SMILES string of the molecule is O=[N+]([O-])c1cccc(N/C(=N\S(=O)(=O)c2ccccc2)c2ccccc2)c1. The number of hydrogen-bond donors (Lipinski definition) is 1. The van der Waals surface area contributed by atoms with Crippen molar-refractivity contribution < 1.29 is 13.3 Å². The zero-order chi connectivity index (χ0) is 19.3. The summed E-state index contributed by atoms with van der Waals surface area (Å²) in [6, 6.07) is 22.3. The summed E-state index contributed by atoms with van der Waals surface area (Å²) in [7, 11) is -3.96. The van der Waals surface area contributed by atoms with E-state index >= 15 is 0 Å². The van der Waals surface area contributed by atoms with Crippen LogP contribution in [0.1, 0.15) is 5.56 Å².